The Kier molecular flexibility index (Phi) is 9.48. The molecule has 0 saturated heterocycles. The molecule has 0 saturated carbocycles. The molecule has 28 heavy (non-hydrogen) atoms. The Balaban J connectivity index is 0.00000392. The number of nitrogens with two attached hydrogens (primary N) is 1. The van der Waals surface area contributed by atoms with Crippen LogP contribution < -0.4 is 21.1 Å². The van der Waals surface area contributed by atoms with Gasteiger partial charge in [0, 0.05) is 5.69 Å². The summed E-state index contributed by atoms with van der Waals surface area (Å²) in [5.74, 6) is 0.164. The Bertz CT molecular complexity index is 782. The molecule has 2 aromatic rings. The average molecular weight is 406 g/mol. The summed E-state index contributed by atoms with van der Waals surface area (Å²) in [5.41, 5.74) is 8.36. The molecule has 0 aromatic heterocycles. The third kappa shape index (κ3) is 6.87. The van der Waals surface area contributed by atoms with Gasteiger partial charge in [-0.1, -0.05) is 44.2 Å². The number of carbonyl (C=O) groups is 2. The number of benzene rings is 2. The molecule has 0 spiro atoms. The van der Waals surface area contributed by atoms with Crippen molar-refractivity contribution in [1.29, 1.82) is 0 Å². The summed E-state index contributed by atoms with van der Waals surface area (Å²) in [7, 11) is 0. The molecule has 0 bridgehead atoms. The van der Waals surface area contributed by atoms with Crippen molar-refractivity contribution >= 4 is 29.9 Å². The van der Waals surface area contributed by atoms with E-state index in [1.807, 2.05) is 69.3 Å². The normalized spacial score (nSPS) is 11.3. The molecule has 0 fully saturated rings. The number of nitrogens with one attached hydrogen (secondary N) is 2. The molecule has 1 atom stereocenters. The molecular formula is C21H28ClN3O3. The second kappa shape index (κ2) is 11.3. The van der Waals surface area contributed by atoms with E-state index >= 15 is 0 Å². The minimum Gasteiger partial charge on any atom is -0.489 e. The Labute approximate surface area is 172 Å². The largest absolute Gasteiger partial charge is 0.489 e. The maximum atomic E-state index is 12.2. The van der Waals surface area contributed by atoms with Gasteiger partial charge in [-0.3, -0.25) is 9.59 Å². The Hall–Kier alpha value is -2.57. The monoisotopic (exact) mass is 405 g/mol. The summed E-state index contributed by atoms with van der Waals surface area (Å²) < 4.78 is 5.78. The molecule has 2 rings (SSSR count). The Morgan fingerprint density at radius 2 is 1.75 bits per heavy atom. The molecule has 0 radical (unpaired) electrons. The number of para-hydroxylation sites is 1. The van der Waals surface area contributed by atoms with Crippen molar-refractivity contribution in [2.45, 2.75) is 33.4 Å². The average Bonchev–Trinajstić information content (AvgIpc) is 2.67. The molecule has 2 aromatic carbocycles. The van der Waals surface area contributed by atoms with E-state index in [9.17, 15) is 9.59 Å². The lowest BCUT2D eigenvalue weighted by Crippen LogP contribution is -2.46. The lowest BCUT2D eigenvalue weighted by atomic mass is 10.1. The highest BCUT2D eigenvalue weighted by Crippen LogP contribution is 2.21. The number of hydrogen-bond acceptors (Lipinski definition) is 4. The van der Waals surface area contributed by atoms with Crippen LogP contribution in [-0.4, -0.2) is 24.4 Å². The second-order valence-corrected chi connectivity index (χ2v) is 6.73. The van der Waals surface area contributed by atoms with Gasteiger partial charge >= 0.3 is 0 Å². The van der Waals surface area contributed by atoms with Gasteiger partial charge in [-0.2, -0.15) is 0 Å². The molecule has 0 aliphatic carbocycles. The van der Waals surface area contributed by atoms with Crippen LogP contribution in [0.1, 0.15) is 25.0 Å². The quantitative estimate of drug-likeness (QED) is 0.629. The number of rotatable bonds is 8. The molecule has 2 amide bonds. The van der Waals surface area contributed by atoms with Crippen LogP contribution in [0, 0.1) is 12.8 Å². The van der Waals surface area contributed by atoms with Gasteiger partial charge < -0.3 is 21.1 Å². The first-order valence-electron chi connectivity index (χ1n) is 8.98. The van der Waals surface area contributed by atoms with Crippen molar-refractivity contribution in [2.24, 2.45) is 11.7 Å². The van der Waals surface area contributed by atoms with Crippen molar-refractivity contribution in [2.75, 3.05) is 11.9 Å². The highest BCUT2D eigenvalue weighted by Gasteiger charge is 2.17. The van der Waals surface area contributed by atoms with Crippen LogP contribution in [0.4, 0.5) is 5.69 Å². The molecule has 6 nitrogen and oxygen atoms in total. The van der Waals surface area contributed by atoms with Gasteiger partial charge in [0.1, 0.15) is 12.4 Å². The summed E-state index contributed by atoms with van der Waals surface area (Å²) >= 11 is 0. The summed E-state index contributed by atoms with van der Waals surface area (Å²) in [6, 6.07) is 14.6. The van der Waals surface area contributed by atoms with Gasteiger partial charge in [0.25, 0.3) is 0 Å². The molecule has 0 aliphatic rings. The summed E-state index contributed by atoms with van der Waals surface area (Å²) in [6.07, 6.45) is 0. The first kappa shape index (κ1) is 23.5. The first-order valence-corrected chi connectivity index (χ1v) is 8.98. The summed E-state index contributed by atoms with van der Waals surface area (Å²) in [5, 5.41) is 5.39. The van der Waals surface area contributed by atoms with E-state index in [2.05, 4.69) is 10.6 Å². The van der Waals surface area contributed by atoms with E-state index < -0.39 is 6.04 Å². The molecule has 0 unspecified atom stereocenters. The van der Waals surface area contributed by atoms with Gasteiger partial charge in [-0.15, -0.1) is 12.4 Å². The molecular weight excluding hydrogens is 378 g/mol. The van der Waals surface area contributed by atoms with Crippen LogP contribution in [0.15, 0.2) is 48.5 Å². The van der Waals surface area contributed by atoms with E-state index in [0.29, 0.717) is 12.3 Å². The van der Waals surface area contributed by atoms with Crippen molar-refractivity contribution in [3.05, 3.63) is 59.7 Å². The zero-order chi connectivity index (χ0) is 19.8. The fourth-order valence-electron chi connectivity index (χ4n) is 2.44. The van der Waals surface area contributed by atoms with Crippen LogP contribution >= 0.6 is 12.4 Å². The van der Waals surface area contributed by atoms with Gasteiger partial charge in [0.15, 0.2) is 0 Å². The fourth-order valence-corrected chi connectivity index (χ4v) is 2.44. The third-order valence-electron chi connectivity index (χ3n) is 4.30. The van der Waals surface area contributed by atoms with E-state index in [4.69, 9.17) is 10.5 Å². The highest BCUT2D eigenvalue weighted by molar-refractivity contribution is 5.95. The van der Waals surface area contributed by atoms with Crippen LogP contribution in [0.3, 0.4) is 0 Å². The smallest absolute Gasteiger partial charge is 0.243 e. The molecule has 0 heterocycles. The number of amides is 2. The highest BCUT2D eigenvalue weighted by atomic mass is 35.5. The van der Waals surface area contributed by atoms with Crippen LogP contribution in [-0.2, 0) is 16.2 Å². The zero-order valence-corrected chi connectivity index (χ0v) is 17.2. The first-order chi connectivity index (χ1) is 12.9. The van der Waals surface area contributed by atoms with E-state index in [1.54, 1.807) is 0 Å². The number of carbonyl (C=O) groups excluding carboxylic acids is 2. The molecule has 7 heteroatoms. The van der Waals surface area contributed by atoms with Gasteiger partial charge in [-0.25, -0.2) is 0 Å². The lowest BCUT2D eigenvalue weighted by Gasteiger charge is -2.16. The number of hydrogen-bond donors (Lipinski definition) is 3. The summed E-state index contributed by atoms with van der Waals surface area (Å²) in [4.78, 5) is 24.0. The van der Waals surface area contributed by atoms with Crippen molar-refractivity contribution in [1.82, 2.24) is 5.32 Å². The van der Waals surface area contributed by atoms with Crippen LogP contribution in [0.25, 0.3) is 0 Å². The minimum absolute atomic E-state index is 0. The minimum atomic E-state index is -0.627. The standard InChI is InChI=1S/C21H27N3O3.ClH/c1-14(2)20(22)21(26)23-12-19(25)24-18-11-7-8-16(15(18)3)13-27-17-9-5-4-6-10-17;/h4-11,14,20H,12-13,22H2,1-3H3,(H,23,26)(H,24,25);1H/t20-;/m0./s1. The lowest BCUT2D eigenvalue weighted by molar-refractivity contribution is -0.125. The Morgan fingerprint density at radius 3 is 2.39 bits per heavy atom. The Morgan fingerprint density at radius 1 is 1.07 bits per heavy atom. The predicted octanol–water partition coefficient (Wildman–Crippen LogP) is 3.03. The number of ether oxygens (including phenoxy) is 1. The van der Waals surface area contributed by atoms with Crippen LogP contribution in [0.2, 0.25) is 0 Å². The molecule has 4 N–H and O–H groups in total. The van der Waals surface area contributed by atoms with Gasteiger partial charge in [-0.05, 0) is 42.2 Å². The molecule has 0 aliphatic heterocycles. The van der Waals surface area contributed by atoms with E-state index in [-0.39, 0.29) is 36.7 Å². The predicted molar refractivity (Wildman–Crippen MR) is 114 cm³/mol. The second-order valence-electron chi connectivity index (χ2n) is 6.73. The van der Waals surface area contributed by atoms with Crippen molar-refractivity contribution in [3.8, 4) is 5.75 Å². The number of anilines is 1. The SMILES string of the molecule is Cc1c(COc2ccccc2)cccc1NC(=O)CNC(=O)[C@@H](N)C(C)C.Cl. The fraction of sp³-hybridized carbons (Fsp3) is 0.333. The third-order valence-corrected chi connectivity index (χ3v) is 4.30. The number of halogens is 1. The zero-order valence-electron chi connectivity index (χ0n) is 16.4. The summed E-state index contributed by atoms with van der Waals surface area (Å²) in [6.45, 7) is 5.92. The van der Waals surface area contributed by atoms with Gasteiger partial charge in [0.05, 0.1) is 12.6 Å². The van der Waals surface area contributed by atoms with E-state index in [0.717, 1.165) is 16.9 Å². The molecule has 152 valence electrons. The van der Waals surface area contributed by atoms with Gasteiger partial charge in [0.2, 0.25) is 11.8 Å². The maximum Gasteiger partial charge on any atom is 0.243 e. The van der Waals surface area contributed by atoms with Crippen LogP contribution in [0.5, 0.6) is 5.75 Å². The van der Waals surface area contributed by atoms with E-state index in [1.165, 1.54) is 0 Å². The maximum absolute atomic E-state index is 12.2. The van der Waals surface area contributed by atoms with Crippen molar-refractivity contribution < 1.29 is 14.3 Å². The topological polar surface area (TPSA) is 93.5 Å². The van der Waals surface area contributed by atoms with Crippen molar-refractivity contribution in [3.63, 3.8) is 0 Å².